The monoisotopic (exact) mass is 409 g/mol. The predicted octanol–water partition coefficient (Wildman–Crippen LogP) is 4.14. The maximum absolute atomic E-state index is 13.4. The van der Waals surface area contributed by atoms with Crippen molar-refractivity contribution in [3.63, 3.8) is 0 Å². The Bertz CT molecular complexity index is 884. The lowest BCUT2D eigenvalue weighted by Crippen LogP contribution is -2.56. The molecule has 4 rings (SSSR count). The standard InChI is InChI=1S/C25H31NO4/c1-29-21-12-11-19(17-22(21)30-2)24-20-10-6-7-13-25(20,28)14-15-26(24)23(27)16-18-8-4-3-5-9-18/h3-5,8-9,11-12,17,20,24,28H,6-7,10,13-16H2,1-2H3/t20-,24+,25-/m1/s1. The number of rotatable bonds is 5. The molecule has 0 spiro atoms. The fraction of sp³-hybridized carbons (Fsp3) is 0.480. The first-order valence-electron chi connectivity index (χ1n) is 10.8. The summed E-state index contributed by atoms with van der Waals surface area (Å²) < 4.78 is 10.9. The topological polar surface area (TPSA) is 59.0 Å². The third-order valence-electron chi connectivity index (χ3n) is 6.84. The van der Waals surface area contributed by atoms with Crippen LogP contribution in [0.15, 0.2) is 48.5 Å². The van der Waals surface area contributed by atoms with Crippen molar-refractivity contribution in [2.75, 3.05) is 20.8 Å². The van der Waals surface area contributed by atoms with Crippen LogP contribution in [0, 0.1) is 5.92 Å². The number of ether oxygens (including phenoxy) is 2. The lowest BCUT2D eigenvalue weighted by Gasteiger charge is -2.52. The highest BCUT2D eigenvalue weighted by Gasteiger charge is 2.50. The minimum atomic E-state index is -0.709. The first-order chi connectivity index (χ1) is 14.6. The lowest BCUT2D eigenvalue weighted by atomic mass is 9.66. The molecule has 5 nitrogen and oxygen atoms in total. The maximum atomic E-state index is 13.4. The van der Waals surface area contributed by atoms with E-state index in [4.69, 9.17) is 9.47 Å². The second-order valence-corrected chi connectivity index (χ2v) is 8.51. The van der Waals surface area contributed by atoms with Crippen molar-refractivity contribution in [3.05, 3.63) is 59.7 Å². The van der Waals surface area contributed by atoms with E-state index in [2.05, 4.69) is 0 Å². The Kier molecular flexibility index (Phi) is 6.00. The van der Waals surface area contributed by atoms with Gasteiger partial charge in [-0.1, -0.05) is 49.2 Å². The molecule has 160 valence electrons. The number of amides is 1. The van der Waals surface area contributed by atoms with Gasteiger partial charge in [0.25, 0.3) is 0 Å². The SMILES string of the molecule is COc1ccc([C@H]2[C@H]3CCCC[C@@]3(O)CCN2C(=O)Cc2ccccc2)cc1OC. The molecular formula is C25H31NO4. The van der Waals surface area contributed by atoms with E-state index in [0.29, 0.717) is 30.9 Å². The fourth-order valence-electron chi connectivity index (χ4n) is 5.28. The molecule has 1 saturated carbocycles. The average Bonchev–Trinajstić information content (AvgIpc) is 2.78. The van der Waals surface area contributed by atoms with Crippen LogP contribution in [-0.2, 0) is 11.2 Å². The maximum Gasteiger partial charge on any atom is 0.227 e. The molecule has 1 amide bonds. The third kappa shape index (κ3) is 3.91. The Morgan fingerprint density at radius 3 is 2.57 bits per heavy atom. The van der Waals surface area contributed by atoms with Crippen molar-refractivity contribution < 1.29 is 19.4 Å². The van der Waals surface area contributed by atoms with Crippen molar-refractivity contribution in [2.24, 2.45) is 5.92 Å². The normalized spacial score (nSPS) is 26.0. The van der Waals surface area contributed by atoms with Gasteiger partial charge in [0, 0.05) is 12.5 Å². The molecule has 1 saturated heterocycles. The molecular weight excluding hydrogens is 378 g/mol. The highest BCUT2D eigenvalue weighted by Crippen LogP contribution is 2.50. The Hall–Kier alpha value is -2.53. The van der Waals surface area contributed by atoms with Gasteiger partial charge in [0.2, 0.25) is 5.91 Å². The summed E-state index contributed by atoms with van der Waals surface area (Å²) in [4.78, 5) is 15.4. The molecule has 1 heterocycles. The van der Waals surface area contributed by atoms with E-state index in [1.54, 1.807) is 14.2 Å². The van der Waals surface area contributed by atoms with E-state index in [1.165, 1.54) is 0 Å². The minimum Gasteiger partial charge on any atom is -0.493 e. The van der Waals surface area contributed by atoms with Crippen LogP contribution in [0.4, 0.5) is 0 Å². The highest BCUT2D eigenvalue weighted by molar-refractivity contribution is 5.79. The van der Waals surface area contributed by atoms with Crippen LogP contribution >= 0.6 is 0 Å². The van der Waals surface area contributed by atoms with E-state index < -0.39 is 5.60 Å². The van der Waals surface area contributed by atoms with Crippen LogP contribution in [-0.4, -0.2) is 42.3 Å². The van der Waals surface area contributed by atoms with Crippen molar-refractivity contribution >= 4 is 5.91 Å². The van der Waals surface area contributed by atoms with Crippen LogP contribution in [0.3, 0.4) is 0 Å². The molecule has 0 unspecified atom stereocenters. The number of nitrogens with zero attached hydrogens (tertiary/aromatic N) is 1. The number of hydrogen-bond donors (Lipinski definition) is 1. The first-order valence-corrected chi connectivity index (χ1v) is 10.8. The number of benzene rings is 2. The van der Waals surface area contributed by atoms with Crippen molar-refractivity contribution in [1.29, 1.82) is 0 Å². The van der Waals surface area contributed by atoms with Gasteiger partial charge in [-0.05, 0) is 42.5 Å². The molecule has 2 fully saturated rings. The average molecular weight is 410 g/mol. The van der Waals surface area contributed by atoms with E-state index in [1.807, 2.05) is 53.4 Å². The van der Waals surface area contributed by atoms with Gasteiger partial charge in [-0.2, -0.15) is 0 Å². The number of methoxy groups -OCH3 is 2. The van der Waals surface area contributed by atoms with Crippen LogP contribution < -0.4 is 9.47 Å². The Morgan fingerprint density at radius 1 is 1.07 bits per heavy atom. The van der Waals surface area contributed by atoms with Crippen molar-refractivity contribution in [2.45, 2.75) is 50.2 Å². The highest BCUT2D eigenvalue weighted by atomic mass is 16.5. The quantitative estimate of drug-likeness (QED) is 0.806. The number of aliphatic hydroxyl groups is 1. The molecule has 2 aromatic carbocycles. The Balaban J connectivity index is 1.70. The molecule has 0 aromatic heterocycles. The van der Waals surface area contributed by atoms with Crippen molar-refractivity contribution in [1.82, 2.24) is 4.90 Å². The van der Waals surface area contributed by atoms with E-state index in [-0.39, 0.29) is 17.9 Å². The van der Waals surface area contributed by atoms with E-state index in [0.717, 1.165) is 36.8 Å². The molecule has 1 aliphatic heterocycles. The molecule has 0 radical (unpaired) electrons. The Labute approximate surface area is 178 Å². The number of carbonyl (C=O) groups excluding carboxylic acids is 1. The van der Waals surface area contributed by atoms with Crippen LogP contribution in [0.1, 0.15) is 49.3 Å². The summed E-state index contributed by atoms with van der Waals surface area (Å²) in [6.07, 6.45) is 4.87. The molecule has 2 aromatic rings. The van der Waals surface area contributed by atoms with Gasteiger partial charge < -0.3 is 19.5 Å². The summed E-state index contributed by atoms with van der Waals surface area (Å²) in [5, 5.41) is 11.4. The molecule has 5 heteroatoms. The van der Waals surface area contributed by atoms with Crippen LogP contribution in [0.2, 0.25) is 0 Å². The molecule has 3 atom stereocenters. The lowest BCUT2D eigenvalue weighted by molar-refractivity contribution is -0.154. The molecule has 30 heavy (non-hydrogen) atoms. The largest absolute Gasteiger partial charge is 0.493 e. The van der Waals surface area contributed by atoms with Gasteiger partial charge >= 0.3 is 0 Å². The fourth-order valence-corrected chi connectivity index (χ4v) is 5.28. The predicted molar refractivity (Wildman–Crippen MR) is 116 cm³/mol. The second-order valence-electron chi connectivity index (χ2n) is 8.51. The minimum absolute atomic E-state index is 0.0258. The zero-order valence-corrected chi connectivity index (χ0v) is 17.8. The van der Waals surface area contributed by atoms with Crippen LogP contribution in [0.25, 0.3) is 0 Å². The second kappa shape index (κ2) is 8.68. The van der Waals surface area contributed by atoms with Crippen LogP contribution in [0.5, 0.6) is 11.5 Å². The van der Waals surface area contributed by atoms with E-state index >= 15 is 0 Å². The smallest absolute Gasteiger partial charge is 0.227 e. The van der Waals surface area contributed by atoms with E-state index in [9.17, 15) is 9.90 Å². The van der Waals surface area contributed by atoms with Gasteiger partial charge in [0.1, 0.15) is 0 Å². The van der Waals surface area contributed by atoms with Gasteiger partial charge in [0.05, 0.1) is 32.3 Å². The molecule has 1 N–H and O–H groups in total. The summed E-state index contributed by atoms with van der Waals surface area (Å²) in [6.45, 7) is 0.567. The summed E-state index contributed by atoms with van der Waals surface area (Å²) in [5.74, 6) is 1.44. The summed E-state index contributed by atoms with van der Waals surface area (Å²) in [5.41, 5.74) is 1.30. The Morgan fingerprint density at radius 2 is 1.83 bits per heavy atom. The zero-order chi connectivity index (χ0) is 21.1. The number of likely N-dealkylation sites (tertiary alicyclic amines) is 1. The zero-order valence-electron chi connectivity index (χ0n) is 17.8. The number of piperidine rings is 1. The molecule has 1 aliphatic carbocycles. The summed E-state index contributed by atoms with van der Waals surface area (Å²) >= 11 is 0. The van der Waals surface area contributed by atoms with Gasteiger partial charge in [-0.25, -0.2) is 0 Å². The summed E-state index contributed by atoms with van der Waals surface area (Å²) in [7, 11) is 3.24. The van der Waals surface area contributed by atoms with Gasteiger partial charge in [0.15, 0.2) is 11.5 Å². The number of hydrogen-bond acceptors (Lipinski definition) is 4. The van der Waals surface area contributed by atoms with Crippen molar-refractivity contribution in [3.8, 4) is 11.5 Å². The van der Waals surface area contributed by atoms with Gasteiger partial charge in [-0.15, -0.1) is 0 Å². The molecule has 0 bridgehead atoms. The number of carbonyl (C=O) groups is 1. The third-order valence-corrected chi connectivity index (χ3v) is 6.84. The first kappa shape index (κ1) is 20.7. The number of fused-ring (bicyclic) bond motifs is 1. The summed E-state index contributed by atoms with van der Waals surface area (Å²) in [6, 6.07) is 15.6. The van der Waals surface area contributed by atoms with Gasteiger partial charge in [-0.3, -0.25) is 4.79 Å². The molecule has 2 aliphatic rings.